The third-order valence-corrected chi connectivity index (χ3v) is 3.42. The minimum Gasteiger partial charge on any atom is -0.326 e. The van der Waals surface area contributed by atoms with Crippen LogP contribution in [0.1, 0.15) is 12.5 Å². The number of rotatable bonds is 5. The maximum absolute atomic E-state index is 13.1. The summed E-state index contributed by atoms with van der Waals surface area (Å²) in [4.78, 5) is 6.58. The monoisotopic (exact) mass is 337 g/mol. The fourth-order valence-corrected chi connectivity index (χ4v) is 2.49. The minimum atomic E-state index is -0.232. The van der Waals surface area contributed by atoms with Crippen molar-refractivity contribution in [3.05, 3.63) is 52.4 Å². The lowest BCUT2D eigenvalue weighted by Gasteiger charge is -2.24. The third-order valence-electron chi connectivity index (χ3n) is 2.99. The molecule has 0 spiro atoms. The van der Waals surface area contributed by atoms with E-state index in [9.17, 15) is 4.39 Å². The summed E-state index contributed by atoms with van der Waals surface area (Å²) in [5.74, 6) is 0.653. The Kier molecular flexibility index (Phi) is 5.09. The van der Waals surface area contributed by atoms with E-state index in [1.54, 1.807) is 18.3 Å². The van der Waals surface area contributed by atoms with Crippen LogP contribution in [0.3, 0.4) is 0 Å². The number of anilines is 2. The van der Waals surface area contributed by atoms with E-state index in [4.69, 9.17) is 0 Å². The van der Waals surface area contributed by atoms with Crippen LogP contribution in [-0.2, 0) is 6.54 Å². The molecule has 1 aromatic heterocycles. The van der Waals surface area contributed by atoms with Crippen LogP contribution in [0.5, 0.6) is 0 Å². The van der Waals surface area contributed by atoms with E-state index in [0.717, 1.165) is 34.6 Å². The molecule has 0 saturated heterocycles. The lowest BCUT2D eigenvalue weighted by Crippen LogP contribution is -2.20. The topological polar surface area (TPSA) is 28.2 Å². The Morgan fingerprint density at radius 2 is 2.00 bits per heavy atom. The largest absolute Gasteiger partial charge is 0.326 e. The summed E-state index contributed by atoms with van der Waals surface area (Å²) < 4.78 is 14.0. The highest BCUT2D eigenvalue weighted by atomic mass is 79.9. The van der Waals surface area contributed by atoms with Gasteiger partial charge in [-0.15, -0.1) is 0 Å². The zero-order chi connectivity index (χ0) is 14.5. The molecule has 0 unspecified atom stereocenters. The molecule has 0 bridgehead atoms. The minimum absolute atomic E-state index is 0.232. The quantitative estimate of drug-likeness (QED) is 0.897. The zero-order valence-electron chi connectivity index (χ0n) is 11.5. The van der Waals surface area contributed by atoms with E-state index in [0.29, 0.717) is 0 Å². The summed E-state index contributed by atoms with van der Waals surface area (Å²) in [6, 6.07) is 8.52. The number of nitrogens with zero attached hydrogens (tertiary/aromatic N) is 2. The fourth-order valence-electron chi connectivity index (χ4n) is 2.11. The molecule has 5 heteroatoms. The van der Waals surface area contributed by atoms with Gasteiger partial charge >= 0.3 is 0 Å². The second kappa shape index (κ2) is 6.81. The first-order chi connectivity index (χ1) is 9.65. The van der Waals surface area contributed by atoms with Gasteiger partial charge in [0.2, 0.25) is 0 Å². The number of pyridine rings is 1. The second-order valence-electron chi connectivity index (χ2n) is 4.39. The van der Waals surface area contributed by atoms with Crippen LogP contribution in [0.25, 0.3) is 0 Å². The Morgan fingerprint density at radius 1 is 1.30 bits per heavy atom. The molecule has 0 fully saturated rings. The standard InChI is InChI=1S/C15H17BrFN3/c1-3-20(14-6-4-13(17)5-7-14)15-11(9-18-2)8-12(16)10-19-15/h4-8,10,18H,3,9H2,1-2H3. The van der Waals surface area contributed by atoms with Gasteiger partial charge < -0.3 is 10.2 Å². The summed E-state index contributed by atoms with van der Waals surface area (Å²) in [5, 5.41) is 3.14. The average molecular weight is 338 g/mol. The molecule has 0 atom stereocenters. The van der Waals surface area contributed by atoms with Crippen molar-refractivity contribution in [2.45, 2.75) is 13.5 Å². The lowest BCUT2D eigenvalue weighted by molar-refractivity contribution is 0.627. The van der Waals surface area contributed by atoms with Gasteiger partial charge in [0.15, 0.2) is 0 Å². The number of halogens is 2. The van der Waals surface area contributed by atoms with E-state index in [-0.39, 0.29) is 5.82 Å². The molecule has 20 heavy (non-hydrogen) atoms. The third kappa shape index (κ3) is 3.35. The van der Waals surface area contributed by atoms with Crippen molar-refractivity contribution < 1.29 is 4.39 Å². The van der Waals surface area contributed by atoms with Crippen LogP contribution in [0, 0.1) is 5.82 Å². The normalized spacial score (nSPS) is 10.6. The van der Waals surface area contributed by atoms with Gasteiger partial charge in [-0.2, -0.15) is 0 Å². The van der Waals surface area contributed by atoms with Gasteiger partial charge in [0.25, 0.3) is 0 Å². The van der Waals surface area contributed by atoms with E-state index in [1.165, 1.54) is 12.1 Å². The highest BCUT2D eigenvalue weighted by Crippen LogP contribution is 2.28. The average Bonchev–Trinajstić information content (AvgIpc) is 2.44. The van der Waals surface area contributed by atoms with Crippen LogP contribution >= 0.6 is 15.9 Å². The molecule has 3 nitrogen and oxygen atoms in total. The van der Waals surface area contributed by atoms with Crippen molar-refractivity contribution in [3.63, 3.8) is 0 Å². The van der Waals surface area contributed by atoms with E-state index >= 15 is 0 Å². The molecular weight excluding hydrogens is 321 g/mol. The predicted octanol–water partition coefficient (Wildman–Crippen LogP) is 3.86. The molecule has 0 aliphatic heterocycles. The van der Waals surface area contributed by atoms with Gasteiger partial charge in [-0.1, -0.05) is 0 Å². The number of nitrogens with one attached hydrogen (secondary N) is 1. The van der Waals surface area contributed by atoms with Crippen LogP contribution in [0.4, 0.5) is 15.9 Å². The fraction of sp³-hybridized carbons (Fsp3) is 0.267. The number of hydrogen-bond donors (Lipinski definition) is 1. The number of hydrogen-bond acceptors (Lipinski definition) is 3. The Hall–Kier alpha value is -1.46. The van der Waals surface area contributed by atoms with E-state index in [1.807, 2.05) is 13.1 Å². The number of aromatic nitrogens is 1. The van der Waals surface area contributed by atoms with Crippen LogP contribution in [0.2, 0.25) is 0 Å². The van der Waals surface area contributed by atoms with Gasteiger partial charge in [0, 0.05) is 35.0 Å². The Morgan fingerprint density at radius 3 is 2.60 bits per heavy atom. The molecule has 1 aromatic carbocycles. The summed E-state index contributed by atoms with van der Waals surface area (Å²) in [7, 11) is 1.90. The van der Waals surface area contributed by atoms with Crippen molar-refractivity contribution in [2.75, 3.05) is 18.5 Å². The lowest BCUT2D eigenvalue weighted by atomic mass is 10.2. The molecular formula is C15H17BrFN3. The summed E-state index contributed by atoms with van der Waals surface area (Å²) >= 11 is 3.44. The molecule has 2 rings (SSSR count). The van der Waals surface area contributed by atoms with Crippen LogP contribution in [-0.4, -0.2) is 18.6 Å². The van der Waals surface area contributed by atoms with Gasteiger partial charge in [-0.05, 0) is 60.2 Å². The predicted molar refractivity (Wildman–Crippen MR) is 83.8 cm³/mol. The van der Waals surface area contributed by atoms with Crippen molar-refractivity contribution in [1.82, 2.24) is 10.3 Å². The van der Waals surface area contributed by atoms with E-state index < -0.39 is 0 Å². The van der Waals surface area contributed by atoms with Gasteiger partial charge in [0.1, 0.15) is 11.6 Å². The molecule has 2 aromatic rings. The Balaban J connectivity index is 2.43. The molecule has 0 aliphatic rings. The summed E-state index contributed by atoms with van der Waals surface area (Å²) in [6.07, 6.45) is 1.78. The first kappa shape index (κ1) is 14.9. The molecule has 0 amide bonds. The van der Waals surface area contributed by atoms with Crippen molar-refractivity contribution in [3.8, 4) is 0 Å². The van der Waals surface area contributed by atoms with Crippen molar-refractivity contribution >= 4 is 27.4 Å². The second-order valence-corrected chi connectivity index (χ2v) is 5.30. The smallest absolute Gasteiger partial charge is 0.137 e. The maximum atomic E-state index is 13.1. The van der Waals surface area contributed by atoms with Crippen LogP contribution in [0.15, 0.2) is 41.0 Å². The van der Waals surface area contributed by atoms with Gasteiger partial charge in [0.05, 0.1) is 0 Å². The van der Waals surface area contributed by atoms with Gasteiger partial charge in [-0.25, -0.2) is 9.37 Å². The molecule has 1 heterocycles. The van der Waals surface area contributed by atoms with Crippen LogP contribution < -0.4 is 10.2 Å². The first-order valence-corrected chi connectivity index (χ1v) is 7.27. The maximum Gasteiger partial charge on any atom is 0.137 e. The first-order valence-electron chi connectivity index (χ1n) is 6.47. The van der Waals surface area contributed by atoms with E-state index in [2.05, 4.69) is 38.1 Å². The molecule has 106 valence electrons. The number of benzene rings is 1. The summed E-state index contributed by atoms with van der Waals surface area (Å²) in [6.45, 7) is 3.53. The molecule has 1 N–H and O–H groups in total. The van der Waals surface area contributed by atoms with Crippen molar-refractivity contribution in [1.29, 1.82) is 0 Å². The zero-order valence-corrected chi connectivity index (χ0v) is 13.1. The highest BCUT2D eigenvalue weighted by molar-refractivity contribution is 9.10. The molecule has 0 radical (unpaired) electrons. The van der Waals surface area contributed by atoms with Crippen molar-refractivity contribution in [2.24, 2.45) is 0 Å². The molecule has 0 aliphatic carbocycles. The summed E-state index contributed by atoms with van der Waals surface area (Å²) in [5.41, 5.74) is 2.02. The molecule has 0 saturated carbocycles. The highest BCUT2D eigenvalue weighted by Gasteiger charge is 2.13. The SMILES string of the molecule is CCN(c1ccc(F)cc1)c1ncc(Br)cc1CNC. The Labute approximate surface area is 127 Å². The Bertz CT molecular complexity index is 572. The van der Waals surface area contributed by atoms with Gasteiger partial charge in [-0.3, -0.25) is 0 Å².